The summed E-state index contributed by atoms with van der Waals surface area (Å²) in [6.07, 6.45) is 10.9. The SMILES string of the molecule is CC1(C)C/C=C\C=C/Cc2ccc(N(c3ccc4c(c3)Oc3ccccc3C43c4ccccc4-c4ccccc43)c3ccc4c(c3)C(C)(C)c3ccccc3-4)cc21. The van der Waals surface area contributed by atoms with Crippen LogP contribution in [0.2, 0.25) is 0 Å². The first-order chi connectivity index (χ1) is 27.8. The van der Waals surface area contributed by atoms with E-state index in [1.807, 2.05) is 0 Å². The quantitative estimate of drug-likeness (QED) is 0.179. The predicted molar refractivity (Wildman–Crippen MR) is 236 cm³/mol. The highest BCUT2D eigenvalue weighted by atomic mass is 16.5. The molecule has 0 fully saturated rings. The smallest absolute Gasteiger partial charge is 0.134 e. The minimum atomic E-state index is -0.504. The van der Waals surface area contributed by atoms with E-state index in [0.29, 0.717) is 0 Å². The van der Waals surface area contributed by atoms with Gasteiger partial charge in [-0.25, -0.2) is 0 Å². The molecule has 1 heterocycles. The van der Waals surface area contributed by atoms with Gasteiger partial charge in [0.05, 0.1) is 5.41 Å². The van der Waals surface area contributed by atoms with Gasteiger partial charge < -0.3 is 9.64 Å². The molecule has 0 aromatic heterocycles. The average molecular weight is 736 g/mol. The number of hydrogen-bond acceptors (Lipinski definition) is 2. The van der Waals surface area contributed by atoms with E-state index in [4.69, 9.17) is 4.74 Å². The van der Waals surface area contributed by atoms with E-state index < -0.39 is 5.41 Å². The summed E-state index contributed by atoms with van der Waals surface area (Å²) in [5.74, 6) is 1.78. The Kier molecular flexibility index (Phi) is 7.32. The molecular weight excluding hydrogens is 691 g/mol. The number of anilines is 3. The zero-order chi connectivity index (χ0) is 38.5. The van der Waals surface area contributed by atoms with E-state index in [0.717, 1.165) is 41.4 Å². The van der Waals surface area contributed by atoms with E-state index >= 15 is 0 Å². The van der Waals surface area contributed by atoms with Crippen molar-refractivity contribution >= 4 is 17.1 Å². The third kappa shape index (κ3) is 4.83. The van der Waals surface area contributed by atoms with E-state index in [1.54, 1.807) is 0 Å². The lowest BCUT2D eigenvalue weighted by Gasteiger charge is -2.40. The van der Waals surface area contributed by atoms with Crippen LogP contribution in [-0.2, 0) is 22.7 Å². The monoisotopic (exact) mass is 735 g/mol. The Bertz CT molecular complexity index is 2800. The van der Waals surface area contributed by atoms with E-state index in [1.165, 1.54) is 66.8 Å². The van der Waals surface area contributed by atoms with Crippen LogP contribution in [0.3, 0.4) is 0 Å². The lowest BCUT2D eigenvalue weighted by molar-refractivity contribution is 0.436. The largest absolute Gasteiger partial charge is 0.457 e. The summed E-state index contributed by atoms with van der Waals surface area (Å²) < 4.78 is 7.03. The van der Waals surface area contributed by atoms with Crippen LogP contribution >= 0.6 is 0 Å². The van der Waals surface area contributed by atoms with Crippen molar-refractivity contribution in [1.29, 1.82) is 0 Å². The van der Waals surface area contributed by atoms with Crippen molar-refractivity contribution in [1.82, 2.24) is 0 Å². The van der Waals surface area contributed by atoms with Crippen LogP contribution in [0.5, 0.6) is 11.5 Å². The molecule has 0 atom stereocenters. The lowest BCUT2D eigenvalue weighted by Crippen LogP contribution is -2.32. The van der Waals surface area contributed by atoms with Gasteiger partial charge in [0.25, 0.3) is 0 Å². The molecule has 1 spiro atoms. The minimum Gasteiger partial charge on any atom is -0.457 e. The van der Waals surface area contributed by atoms with Crippen molar-refractivity contribution in [2.75, 3.05) is 4.90 Å². The molecular formula is C55H45NO. The van der Waals surface area contributed by atoms with Crippen LogP contribution in [0.1, 0.15) is 78.6 Å². The first-order valence-corrected chi connectivity index (χ1v) is 20.4. The van der Waals surface area contributed by atoms with Crippen LogP contribution in [0.15, 0.2) is 176 Å². The van der Waals surface area contributed by atoms with Crippen LogP contribution in [-0.4, -0.2) is 0 Å². The highest BCUT2D eigenvalue weighted by Gasteiger charge is 2.51. The number of rotatable bonds is 3. The second kappa shape index (κ2) is 12.3. The molecule has 276 valence electrons. The van der Waals surface area contributed by atoms with Gasteiger partial charge >= 0.3 is 0 Å². The summed E-state index contributed by atoms with van der Waals surface area (Å²) >= 11 is 0. The minimum absolute atomic E-state index is 0.0422. The maximum atomic E-state index is 7.03. The molecule has 11 rings (SSSR count). The first-order valence-electron chi connectivity index (χ1n) is 20.4. The summed E-state index contributed by atoms with van der Waals surface area (Å²) in [4.78, 5) is 2.46. The number of allylic oxidation sites excluding steroid dienone is 4. The zero-order valence-electron chi connectivity index (χ0n) is 33.0. The third-order valence-corrected chi connectivity index (χ3v) is 13.3. The average Bonchev–Trinajstić information content (AvgIpc) is 3.67. The van der Waals surface area contributed by atoms with Crippen LogP contribution in [0, 0.1) is 0 Å². The number of para-hydroxylation sites is 1. The molecule has 0 saturated carbocycles. The van der Waals surface area contributed by atoms with Crippen LogP contribution in [0.25, 0.3) is 22.3 Å². The summed E-state index contributed by atoms with van der Waals surface area (Å²) in [6.45, 7) is 9.49. The molecule has 0 N–H and O–H groups in total. The Labute approximate surface area is 336 Å². The van der Waals surface area contributed by atoms with Crippen LogP contribution in [0.4, 0.5) is 17.1 Å². The normalized spacial score (nSPS) is 17.8. The third-order valence-electron chi connectivity index (χ3n) is 13.3. The fraction of sp³-hybridized carbons (Fsp3) is 0.164. The molecule has 2 nitrogen and oxygen atoms in total. The molecule has 0 unspecified atom stereocenters. The first kappa shape index (κ1) is 33.9. The summed E-state index contributed by atoms with van der Waals surface area (Å²) in [6, 6.07) is 56.6. The molecule has 0 bridgehead atoms. The van der Waals surface area contributed by atoms with E-state index in [2.05, 4.69) is 209 Å². The van der Waals surface area contributed by atoms with Crippen molar-refractivity contribution < 1.29 is 4.74 Å². The number of hydrogen-bond donors (Lipinski definition) is 0. The highest BCUT2D eigenvalue weighted by Crippen LogP contribution is 2.62. The Morgan fingerprint density at radius 3 is 1.70 bits per heavy atom. The summed E-state index contributed by atoms with van der Waals surface area (Å²) in [5, 5.41) is 0. The standard InChI is InChI=1S/C55H45NO/c1-53(2)32-16-6-5-7-17-36-26-27-37(33-49(36)53)56(38-28-30-43-40-18-8-11-21-44(40)54(3,4)50(43)34-38)39-29-31-48-52(35-39)57-51-25-15-14-24-47(51)55(48)45-22-12-9-19-41(45)42-20-10-13-23-46(42)55/h5-16,18-31,33-35H,17,32H2,1-4H3/b7-5-,16-6-. The van der Waals surface area contributed by atoms with Crippen molar-refractivity contribution in [2.45, 2.75) is 56.8 Å². The molecule has 0 radical (unpaired) electrons. The topological polar surface area (TPSA) is 12.5 Å². The zero-order valence-corrected chi connectivity index (χ0v) is 33.0. The van der Waals surface area contributed by atoms with Crippen molar-refractivity contribution in [2.24, 2.45) is 0 Å². The van der Waals surface area contributed by atoms with Crippen molar-refractivity contribution in [3.8, 4) is 33.8 Å². The second-order valence-electron chi connectivity index (χ2n) is 17.3. The van der Waals surface area contributed by atoms with Gasteiger partial charge in [-0.3, -0.25) is 0 Å². The number of benzene rings is 7. The highest BCUT2D eigenvalue weighted by molar-refractivity contribution is 5.90. The Balaban J connectivity index is 1.15. The molecule has 2 heteroatoms. The molecule has 3 aliphatic carbocycles. The number of fused-ring (bicyclic) bond motifs is 13. The maximum absolute atomic E-state index is 7.03. The van der Waals surface area contributed by atoms with Gasteiger partial charge in [-0.15, -0.1) is 0 Å². The Hall–Kier alpha value is -6.38. The second-order valence-corrected chi connectivity index (χ2v) is 17.3. The fourth-order valence-electron chi connectivity index (χ4n) is 10.6. The molecule has 0 amide bonds. The van der Waals surface area contributed by atoms with Crippen molar-refractivity contribution in [3.05, 3.63) is 220 Å². The summed E-state index contributed by atoms with van der Waals surface area (Å²) in [5.41, 5.74) is 18.3. The van der Waals surface area contributed by atoms with Gasteiger partial charge in [0.1, 0.15) is 11.5 Å². The molecule has 1 aliphatic heterocycles. The molecule has 57 heavy (non-hydrogen) atoms. The van der Waals surface area contributed by atoms with E-state index in [-0.39, 0.29) is 10.8 Å². The van der Waals surface area contributed by atoms with Gasteiger partial charge in [-0.05, 0) is 110 Å². The van der Waals surface area contributed by atoms with Gasteiger partial charge in [0.2, 0.25) is 0 Å². The Morgan fingerprint density at radius 2 is 0.965 bits per heavy atom. The molecule has 0 saturated heterocycles. The molecule has 7 aromatic carbocycles. The lowest BCUT2D eigenvalue weighted by atomic mass is 9.66. The molecule has 7 aromatic rings. The maximum Gasteiger partial charge on any atom is 0.134 e. The van der Waals surface area contributed by atoms with E-state index in [9.17, 15) is 0 Å². The predicted octanol–water partition coefficient (Wildman–Crippen LogP) is 14.3. The van der Waals surface area contributed by atoms with Gasteiger partial charge in [-0.2, -0.15) is 0 Å². The summed E-state index contributed by atoms with van der Waals surface area (Å²) in [7, 11) is 0. The fourth-order valence-corrected chi connectivity index (χ4v) is 10.6. The Morgan fingerprint density at radius 1 is 0.439 bits per heavy atom. The van der Waals surface area contributed by atoms with Gasteiger partial charge in [0, 0.05) is 39.7 Å². The molecule has 4 aliphatic rings. The number of nitrogens with zero attached hydrogens (tertiary/aromatic N) is 1. The van der Waals surface area contributed by atoms with Gasteiger partial charge in [0.15, 0.2) is 0 Å². The van der Waals surface area contributed by atoms with Gasteiger partial charge in [-0.1, -0.05) is 161 Å². The van der Waals surface area contributed by atoms with Crippen LogP contribution < -0.4 is 9.64 Å². The van der Waals surface area contributed by atoms with Crippen molar-refractivity contribution in [3.63, 3.8) is 0 Å². The number of ether oxygens (including phenoxy) is 1.